The van der Waals surface area contributed by atoms with E-state index >= 15 is 0 Å². The minimum Gasteiger partial charge on any atom is -0.348 e. The monoisotopic (exact) mass is 328 g/mol. The van der Waals surface area contributed by atoms with Gasteiger partial charge in [-0.3, -0.25) is 4.79 Å². The molecule has 1 saturated carbocycles. The van der Waals surface area contributed by atoms with E-state index < -0.39 is 0 Å². The minimum absolute atomic E-state index is 0.0440. The fourth-order valence-electron chi connectivity index (χ4n) is 3.37. The fourth-order valence-corrected chi connectivity index (χ4v) is 4.15. The van der Waals surface area contributed by atoms with Gasteiger partial charge in [0.2, 0.25) is 5.91 Å². The average molecular weight is 328 g/mol. The zero-order valence-corrected chi connectivity index (χ0v) is 14.1. The molecule has 0 spiro atoms. The van der Waals surface area contributed by atoms with Gasteiger partial charge >= 0.3 is 0 Å². The van der Waals surface area contributed by atoms with Gasteiger partial charge in [0, 0.05) is 17.3 Å². The molecule has 3 N–H and O–H groups in total. The Morgan fingerprint density at radius 3 is 2.70 bits per heavy atom. The van der Waals surface area contributed by atoms with E-state index in [-0.39, 0.29) is 18.0 Å². The van der Waals surface area contributed by atoms with Gasteiger partial charge in [-0.25, -0.2) is 0 Å². The molecule has 1 heterocycles. The van der Waals surface area contributed by atoms with E-state index in [0.717, 1.165) is 25.7 Å². The smallest absolute Gasteiger partial charge is 0.220 e. The summed E-state index contributed by atoms with van der Waals surface area (Å²) in [5, 5.41) is 5.29. The zero-order valence-electron chi connectivity index (χ0n) is 13.3. The summed E-state index contributed by atoms with van der Waals surface area (Å²) < 4.78 is 0. The van der Waals surface area contributed by atoms with E-state index in [4.69, 9.17) is 5.73 Å². The molecule has 3 atom stereocenters. The predicted molar refractivity (Wildman–Crippen MR) is 95.3 cm³/mol. The molecule has 0 bridgehead atoms. The Hall–Kier alpha value is -1.65. The van der Waals surface area contributed by atoms with E-state index in [9.17, 15) is 4.79 Å². The summed E-state index contributed by atoms with van der Waals surface area (Å²) in [6.07, 6.45) is 4.66. The molecule has 1 aromatic heterocycles. The summed E-state index contributed by atoms with van der Waals surface area (Å²) in [5.41, 5.74) is 7.34. The molecular weight excluding hydrogens is 304 g/mol. The lowest BCUT2D eigenvalue weighted by Gasteiger charge is -2.20. The largest absolute Gasteiger partial charge is 0.348 e. The van der Waals surface area contributed by atoms with Crippen molar-refractivity contribution in [1.82, 2.24) is 5.32 Å². The molecule has 1 aliphatic carbocycles. The van der Waals surface area contributed by atoms with Gasteiger partial charge in [0.25, 0.3) is 0 Å². The van der Waals surface area contributed by atoms with Crippen molar-refractivity contribution in [3.63, 3.8) is 0 Å². The Morgan fingerprint density at radius 1 is 1.22 bits per heavy atom. The van der Waals surface area contributed by atoms with E-state index in [1.165, 1.54) is 10.4 Å². The van der Waals surface area contributed by atoms with Crippen molar-refractivity contribution in [1.29, 1.82) is 0 Å². The van der Waals surface area contributed by atoms with Crippen molar-refractivity contribution in [3.8, 4) is 0 Å². The Balaban J connectivity index is 1.65. The third-order valence-electron chi connectivity index (χ3n) is 4.67. The van der Waals surface area contributed by atoms with Crippen LogP contribution in [0.2, 0.25) is 0 Å². The van der Waals surface area contributed by atoms with Crippen LogP contribution in [-0.4, -0.2) is 11.9 Å². The highest BCUT2D eigenvalue weighted by Gasteiger charge is 2.27. The molecule has 0 radical (unpaired) electrons. The van der Waals surface area contributed by atoms with Crippen LogP contribution in [0, 0.1) is 5.92 Å². The Labute approximate surface area is 141 Å². The van der Waals surface area contributed by atoms with Crippen molar-refractivity contribution in [2.75, 3.05) is 0 Å². The molecule has 1 unspecified atom stereocenters. The second-order valence-corrected chi connectivity index (χ2v) is 7.36. The number of thiophene rings is 1. The van der Waals surface area contributed by atoms with Crippen LogP contribution in [0.1, 0.15) is 42.2 Å². The maximum absolute atomic E-state index is 12.5. The van der Waals surface area contributed by atoms with Crippen molar-refractivity contribution in [2.45, 2.75) is 44.2 Å². The summed E-state index contributed by atoms with van der Waals surface area (Å²) in [6, 6.07) is 14.7. The molecule has 4 heteroatoms. The lowest BCUT2D eigenvalue weighted by Crippen LogP contribution is -2.34. The SMILES string of the molecule is N[C@@H]1CCC[C@H]1CC(=O)NC(Cc1ccccc1)c1cccs1. The van der Waals surface area contributed by atoms with Gasteiger partial charge in [-0.1, -0.05) is 42.8 Å². The molecule has 3 nitrogen and oxygen atoms in total. The number of carbonyl (C=O) groups excluding carboxylic acids is 1. The van der Waals surface area contributed by atoms with Crippen LogP contribution in [0.4, 0.5) is 0 Å². The van der Waals surface area contributed by atoms with Gasteiger partial charge in [0.05, 0.1) is 6.04 Å². The van der Waals surface area contributed by atoms with Crippen LogP contribution in [0.25, 0.3) is 0 Å². The van der Waals surface area contributed by atoms with Gasteiger partial charge < -0.3 is 11.1 Å². The summed E-state index contributed by atoms with van der Waals surface area (Å²) in [5.74, 6) is 0.470. The first-order valence-electron chi connectivity index (χ1n) is 8.34. The number of carbonyl (C=O) groups is 1. The van der Waals surface area contributed by atoms with E-state index in [1.807, 2.05) is 24.3 Å². The average Bonchev–Trinajstić information content (AvgIpc) is 3.20. The third kappa shape index (κ3) is 4.43. The van der Waals surface area contributed by atoms with Crippen molar-refractivity contribution in [2.24, 2.45) is 11.7 Å². The van der Waals surface area contributed by atoms with Crippen LogP contribution < -0.4 is 11.1 Å². The molecule has 122 valence electrons. The first-order chi connectivity index (χ1) is 11.2. The first-order valence-corrected chi connectivity index (χ1v) is 9.22. The van der Waals surface area contributed by atoms with Gasteiger partial charge in [-0.15, -0.1) is 11.3 Å². The summed E-state index contributed by atoms with van der Waals surface area (Å²) in [7, 11) is 0. The van der Waals surface area contributed by atoms with Crippen molar-refractivity contribution >= 4 is 17.2 Å². The second kappa shape index (κ2) is 7.75. The number of nitrogens with two attached hydrogens (primary N) is 1. The van der Waals surface area contributed by atoms with E-state index in [0.29, 0.717) is 12.3 Å². The Bertz CT molecular complexity index is 612. The molecular formula is C19H24N2OS. The van der Waals surface area contributed by atoms with Crippen LogP contribution in [0.5, 0.6) is 0 Å². The normalized spacial score (nSPS) is 22.0. The first kappa shape index (κ1) is 16.2. The number of benzene rings is 1. The maximum Gasteiger partial charge on any atom is 0.220 e. The molecule has 1 aromatic carbocycles. The summed E-state index contributed by atoms with van der Waals surface area (Å²) >= 11 is 1.70. The van der Waals surface area contributed by atoms with Gasteiger partial charge in [0.1, 0.15) is 0 Å². The number of hydrogen-bond acceptors (Lipinski definition) is 3. The number of nitrogens with one attached hydrogen (secondary N) is 1. The lowest BCUT2D eigenvalue weighted by molar-refractivity contribution is -0.122. The van der Waals surface area contributed by atoms with Gasteiger partial charge in [-0.2, -0.15) is 0 Å². The second-order valence-electron chi connectivity index (χ2n) is 6.38. The Morgan fingerprint density at radius 2 is 2.04 bits per heavy atom. The van der Waals surface area contributed by atoms with Crippen LogP contribution in [-0.2, 0) is 11.2 Å². The number of rotatable bonds is 6. The topological polar surface area (TPSA) is 55.1 Å². The molecule has 1 amide bonds. The molecule has 1 fully saturated rings. The molecule has 1 aliphatic rings. The van der Waals surface area contributed by atoms with Crippen LogP contribution in [0.3, 0.4) is 0 Å². The Kier molecular flexibility index (Phi) is 5.47. The van der Waals surface area contributed by atoms with E-state index in [1.54, 1.807) is 11.3 Å². The highest BCUT2D eigenvalue weighted by molar-refractivity contribution is 7.10. The molecule has 0 saturated heterocycles. The lowest BCUT2D eigenvalue weighted by atomic mass is 9.99. The van der Waals surface area contributed by atoms with Crippen LogP contribution >= 0.6 is 11.3 Å². The van der Waals surface area contributed by atoms with Crippen molar-refractivity contribution < 1.29 is 4.79 Å². The molecule has 2 aromatic rings. The minimum atomic E-state index is 0.0440. The third-order valence-corrected chi connectivity index (χ3v) is 5.66. The van der Waals surface area contributed by atoms with Gasteiger partial charge in [0.15, 0.2) is 0 Å². The molecule has 3 rings (SSSR count). The summed E-state index contributed by atoms with van der Waals surface area (Å²) in [6.45, 7) is 0. The quantitative estimate of drug-likeness (QED) is 0.850. The molecule has 23 heavy (non-hydrogen) atoms. The maximum atomic E-state index is 12.5. The fraction of sp³-hybridized carbons (Fsp3) is 0.421. The molecule has 0 aliphatic heterocycles. The number of amides is 1. The summed E-state index contributed by atoms with van der Waals surface area (Å²) in [4.78, 5) is 13.7. The predicted octanol–water partition coefficient (Wildman–Crippen LogP) is 3.67. The number of hydrogen-bond donors (Lipinski definition) is 2. The standard InChI is InChI=1S/C19H24N2OS/c20-16-9-4-8-15(16)13-19(22)21-17(18-10-5-11-23-18)12-14-6-2-1-3-7-14/h1-3,5-7,10-11,15-17H,4,8-9,12-13,20H2,(H,21,22)/t15-,16+,17?/m0/s1. The highest BCUT2D eigenvalue weighted by Crippen LogP contribution is 2.28. The van der Waals surface area contributed by atoms with Crippen molar-refractivity contribution in [3.05, 3.63) is 58.3 Å². The van der Waals surface area contributed by atoms with Gasteiger partial charge in [-0.05, 0) is 42.2 Å². The zero-order chi connectivity index (χ0) is 16.1. The highest BCUT2D eigenvalue weighted by atomic mass is 32.1. The van der Waals surface area contributed by atoms with Crippen LogP contribution in [0.15, 0.2) is 47.8 Å². The van der Waals surface area contributed by atoms with E-state index in [2.05, 4.69) is 28.9 Å².